The van der Waals surface area contributed by atoms with Crippen molar-refractivity contribution in [3.05, 3.63) is 28.8 Å². The maximum atomic E-state index is 11.8. The van der Waals surface area contributed by atoms with Crippen molar-refractivity contribution in [2.75, 3.05) is 0 Å². The summed E-state index contributed by atoms with van der Waals surface area (Å²) in [7, 11) is 0. The van der Waals surface area contributed by atoms with Gasteiger partial charge in [-0.25, -0.2) is 0 Å². The van der Waals surface area contributed by atoms with Crippen molar-refractivity contribution < 1.29 is 22.7 Å². The molecule has 1 rings (SSSR count). The first kappa shape index (κ1) is 10.8. The van der Waals surface area contributed by atoms with Gasteiger partial charge < -0.3 is 4.74 Å². The number of halogens is 4. The molecule has 0 aliphatic heterocycles. The molecule has 76 valence electrons. The first-order chi connectivity index (χ1) is 6.42. The molecule has 0 N–H and O–H groups in total. The van der Waals surface area contributed by atoms with E-state index in [-0.39, 0.29) is 16.9 Å². The van der Waals surface area contributed by atoms with Gasteiger partial charge in [0, 0.05) is 5.02 Å². The van der Waals surface area contributed by atoms with Crippen LogP contribution in [0.1, 0.15) is 10.4 Å². The van der Waals surface area contributed by atoms with E-state index in [4.69, 9.17) is 11.6 Å². The highest BCUT2D eigenvalue weighted by atomic mass is 35.5. The maximum Gasteiger partial charge on any atom is 0.573 e. The standard InChI is InChI=1S/C8H4ClF3O2/c9-6-2-1-5(4-13)7(3-6)14-8(10,11)12/h1-4H. The van der Waals surface area contributed by atoms with Gasteiger partial charge in [0.15, 0.2) is 6.29 Å². The van der Waals surface area contributed by atoms with Crippen LogP contribution in [-0.4, -0.2) is 12.6 Å². The van der Waals surface area contributed by atoms with Crippen LogP contribution in [0.2, 0.25) is 5.02 Å². The summed E-state index contributed by atoms with van der Waals surface area (Å²) in [4.78, 5) is 10.3. The van der Waals surface area contributed by atoms with E-state index in [1.165, 1.54) is 6.07 Å². The Morgan fingerprint density at radius 3 is 2.50 bits per heavy atom. The summed E-state index contributed by atoms with van der Waals surface area (Å²) < 4.78 is 39.0. The van der Waals surface area contributed by atoms with E-state index in [2.05, 4.69) is 4.74 Å². The summed E-state index contributed by atoms with van der Waals surface area (Å²) >= 11 is 5.44. The van der Waals surface area contributed by atoms with E-state index < -0.39 is 12.1 Å². The summed E-state index contributed by atoms with van der Waals surface area (Å²) in [5.41, 5.74) is -0.202. The Kier molecular flexibility index (Phi) is 3.00. The SMILES string of the molecule is O=Cc1ccc(Cl)cc1OC(F)(F)F. The molecule has 0 atom stereocenters. The van der Waals surface area contributed by atoms with Crippen LogP contribution in [0.25, 0.3) is 0 Å². The van der Waals surface area contributed by atoms with Crippen LogP contribution in [0.5, 0.6) is 5.75 Å². The van der Waals surface area contributed by atoms with Gasteiger partial charge in [-0.05, 0) is 18.2 Å². The number of carbonyl (C=O) groups is 1. The Hall–Kier alpha value is -1.23. The van der Waals surface area contributed by atoms with Gasteiger partial charge in [-0.1, -0.05) is 11.6 Å². The summed E-state index contributed by atoms with van der Waals surface area (Å²) in [5.74, 6) is -0.597. The van der Waals surface area contributed by atoms with Gasteiger partial charge >= 0.3 is 6.36 Å². The van der Waals surface area contributed by atoms with Crippen molar-refractivity contribution >= 4 is 17.9 Å². The molecule has 0 saturated carbocycles. The van der Waals surface area contributed by atoms with Gasteiger partial charge in [-0.3, -0.25) is 4.79 Å². The minimum absolute atomic E-state index is 0.0647. The molecular weight excluding hydrogens is 221 g/mol. The molecule has 0 aromatic heterocycles. The van der Waals surface area contributed by atoms with Crippen LogP contribution < -0.4 is 4.74 Å². The molecule has 14 heavy (non-hydrogen) atoms. The van der Waals surface area contributed by atoms with Gasteiger partial charge in [-0.15, -0.1) is 13.2 Å². The molecule has 6 heteroatoms. The normalized spacial score (nSPS) is 11.1. The predicted octanol–water partition coefficient (Wildman–Crippen LogP) is 3.05. The van der Waals surface area contributed by atoms with E-state index in [0.29, 0.717) is 0 Å². The van der Waals surface area contributed by atoms with Crippen LogP contribution in [0, 0.1) is 0 Å². The average molecular weight is 225 g/mol. The number of ether oxygens (including phenoxy) is 1. The molecule has 1 aromatic rings. The number of hydrogen-bond donors (Lipinski definition) is 0. The van der Waals surface area contributed by atoms with Crippen molar-refractivity contribution in [1.82, 2.24) is 0 Å². The van der Waals surface area contributed by atoms with Gasteiger partial charge in [0.25, 0.3) is 0 Å². The molecule has 0 radical (unpaired) electrons. The fourth-order valence-corrected chi connectivity index (χ4v) is 0.981. The van der Waals surface area contributed by atoms with E-state index >= 15 is 0 Å². The zero-order valence-electron chi connectivity index (χ0n) is 6.64. The first-order valence-corrected chi connectivity index (χ1v) is 3.80. The second kappa shape index (κ2) is 3.88. The molecule has 0 aliphatic rings. The highest BCUT2D eigenvalue weighted by molar-refractivity contribution is 6.30. The Bertz CT molecular complexity index is 349. The summed E-state index contributed by atoms with van der Waals surface area (Å²) in [6, 6.07) is 3.38. The number of alkyl halides is 3. The lowest BCUT2D eigenvalue weighted by Gasteiger charge is -2.10. The molecule has 0 bridgehead atoms. The zero-order valence-corrected chi connectivity index (χ0v) is 7.39. The molecule has 0 saturated heterocycles. The van der Waals surface area contributed by atoms with Crippen LogP contribution >= 0.6 is 11.6 Å². The number of hydrogen-bond acceptors (Lipinski definition) is 2. The number of aldehydes is 1. The van der Waals surface area contributed by atoms with Crippen molar-refractivity contribution in [2.45, 2.75) is 6.36 Å². The molecule has 0 fully saturated rings. The highest BCUT2D eigenvalue weighted by Gasteiger charge is 2.32. The molecule has 1 aromatic carbocycles. The van der Waals surface area contributed by atoms with Crippen LogP contribution in [-0.2, 0) is 0 Å². The number of rotatable bonds is 2. The molecule has 0 spiro atoms. The minimum Gasteiger partial charge on any atom is -0.405 e. The van der Waals surface area contributed by atoms with Crippen molar-refractivity contribution in [3.63, 3.8) is 0 Å². The van der Waals surface area contributed by atoms with Crippen LogP contribution in [0.3, 0.4) is 0 Å². The lowest BCUT2D eigenvalue weighted by atomic mass is 10.2. The lowest BCUT2D eigenvalue weighted by molar-refractivity contribution is -0.274. The largest absolute Gasteiger partial charge is 0.573 e. The lowest BCUT2D eigenvalue weighted by Crippen LogP contribution is -2.18. The van der Waals surface area contributed by atoms with E-state index in [1.54, 1.807) is 0 Å². The van der Waals surface area contributed by atoms with Gasteiger partial charge in [-0.2, -0.15) is 0 Å². The third kappa shape index (κ3) is 2.92. The maximum absolute atomic E-state index is 11.8. The Morgan fingerprint density at radius 2 is 2.00 bits per heavy atom. The third-order valence-electron chi connectivity index (χ3n) is 1.33. The van der Waals surface area contributed by atoms with Gasteiger partial charge in [0.05, 0.1) is 5.56 Å². The predicted molar refractivity (Wildman–Crippen MR) is 43.5 cm³/mol. The summed E-state index contributed by atoms with van der Waals surface area (Å²) in [5, 5.41) is 0.0647. The molecule has 0 aliphatic carbocycles. The fourth-order valence-electron chi connectivity index (χ4n) is 0.819. The Morgan fingerprint density at radius 1 is 1.36 bits per heavy atom. The minimum atomic E-state index is -4.83. The van der Waals surface area contributed by atoms with Gasteiger partial charge in [0.2, 0.25) is 0 Å². The fraction of sp³-hybridized carbons (Fsp3) is 0.125. The van der Waals surface area contributed by atoms with E-state index in [1.807, 2.05) is 0 Å². The molecule has 0 unspecified atom stereocenters. The van der Waals surface area contributed by atoms with E-state index in [0.717, 1.165) is 12.1 Å². The number of benzene rings is 1. The number of carbonyl (C=O) groups excluding carboxylic acids is 1. The third-order valence-corrected chi connectivity index (χ3v) is 1.56. The molecule has 0 amide bonds. The first-order valence-electron chi connectivity index (χ1n) is 3.43. The van der Waals surface area contributed by atoms with Gasteiger partial charge in [0.1, 0.15) is 5.75 Å². The average Bonchev–Trinajstić information content (AvgIpc) is 2.01. The topological polar surface area (TPSA) is 26.3 Å². The molecule has 0 heterocycles. The second-order valence-electron chi connectivity index (χ2n) is 2.35. The van der Waals surface area contributed by atoms with E-state index in [9.17, 15) is 18.0 Å². The summed E-state index contributed by atoms with van der Waals surface area (Å²) in [6.07, 6.45) is -4.57. The second-order valence-corrected chi connectivity index (χ2v) is 2.78. The Labute approximate surface area is 82.2 Å². The van der Waals surface area contributed by atoms with Crippen LogP contribution in [0.15, 0.2) is 18.2 Å². The van der Waals surface area contributed by atoms with Crippen molar-refractivity contribution in [2.24, 2.45) is 0 Å². The molecule has 2 nitrogen and oxygen atoms in total. The smallest absolute Gasteiger partial charge is 0.405 e. The highest BCUT2D eigenvalue weighted by Crippen LogP contribution is 2.28. The zero-order chi connectivity index (χ0) is 10.8. The monoisotopic (exact) mass is 224 g/mol. The van der Waals surface area contributed by atoms with Crippen molar-refractivity contribution in [1.29, 1.82) is 0 Å². The Balaban J connectivity index is 3.05. The van der Waals surface area contributed by atoms with Crippen molar-refractivity contribution in [3.8, 4) is 5.75 Å². The molecular formula is C8H4ClF3O2. The quantitative estimate of drug-likeness (QED) is 0.722. The van der Waals surface area contributed by atoms with Crippen LogP contribution in [0.4, 0.5) is 13.2 Å². The summed E-state index contributed by atoms with van der Waals surface area (Å²) in [6.45, 7) is 0.